The molecule has 0 radical (unpaired) electrons. The Labute approximate surface area is 84.2 Å². The monoisotopic (exact) mass is 195 g/mol. The summed E-state index contributed by atoms with van der Waals surface area (Å²) >= 11 is 0. The Kier molecular flexibility index (Phi) is 2.59. The molecule has 1 fully saturated rings. The molecule has 1 amide bonds. The molecular formula is C11H17NO2. The zero-order chi connectivity index (χ0) is 10.1. The van der Waals surface area contributed by atoms with E-state index in [-0.39, 0.29) is 11.8 Å². The van der Waals surface area contributed by atoms with E-state index in [9.17, 15) is 4.79 Å². The van der Waals surface area contributed by atoms with Gasteiger partial charge < -0.3 is 10.4 Å². The molecule has 14 heavy (non-hydrogen) atoms. The molecule has 0 aromatic carbocycles. The third-order valence-electron chi connectivity index (χ3n) is 3.19. The summed E-state index contributed by atoms with van der Waals surface area (Å²) in [6, 6.07) is 0. The van der Waals surface area contributed by atoms with Gasteiger partial charge in [0.05, 0.1) is 6.10 Å². The van der Waals surface area contributed by atoms with Gasteiger partial charge in [-0.3, -0.25) is 4.79 Å². The van der Waals surface area contributed by atoms with Crippen LogP contribution in [0, 0.1) is 17.8 Å². The molecule has 2 N–H and O–H groups in total. The van der Waals surface area contributed by atoms with Gasteiger partial charge in [0, 0.05) is 12.5 Å². The minimum absolute atomic E-state index is 0.114. The maximum Gasteiger partial charge on any atom is 0.223 e. The third-order valence-corrected chi connectivity index (χ3v) is 3.19. The molecule has 0 aromatic heterocycles. The number of hydrogen-bond donors (Lipinski definition) is 2. The molecular weight excluding hydrogens is 178 g/mol. The van der Waals surface area contributed by atoms with Gasteiger partial charge in [-0.15, -0.1) is 0 Å². The maximum absolute atomic E-state index is 11.7. The van der Waals surface area contributed by atoms with Crippen LogP contribution in [0.5, 0.6) is 0 Å². The van der Waals surface area contributed by atoms with E-state index in [1.807, 2.05) is 0 Å². The highest BCUT2D eigenvalue weighted by Gasteiger charge is 2.39. The molecule has 0 aliphatic heterocycles. The lowest BCUT2D eigenvalue weighted by Crippen LogP contribution is -2.36. The number of rotatable bonds is 3. The van der Waals surface area contributed by atoms with E-state index < -0.39 is 6.10 Å². The molecule has 4 atom stereocenters. The predicted molar refractivity (Wildman–Crippen MR) is 53.5 cm³/mol. The fourth-order valence-electron chi connectivity index (χ4n) is 2.46. The SMILES string of the molecule is CC(O)CNC(=O)C1CC2C=CC1C2. The minimum Gasteiger partial charge on any atom is -0.392 e. The van der Waals surface area contributed by atoms with E-state index in [1.165, 1.54) is 0 Å². The molecule has 1 saturated carbocycles. The van der Waals surface area contributed by atoms with Gasteiger partial charge in [-0.2, -0.15) is 0 Å². The minimum atomic E-state index is -0.451. The van der Waals surface area contributed by atoms with Crippen LogP contribution in [0.3, 0.4) is 0 Å². The van der Waals surface area contributed by atoms with Crippen LogP contribution in [0.25, 0.3) is 0 Å². The van der Waals surface area contributed by atoms with Crippen LogP contribution in [-0.2, 0) is 4.79 Å². The number of aliphatic hydroxyl groups excluding tert-OH is 1. The van der Waals surface area contributed by atoms with Crippen molar-refractivity contribution in [1.82, 2.24) is 5.32 Å². The van der Waals surface area contributed by atoms with E-state index in [2.05, 4.69) is 17.5 Å². The van der Waals surface area contributed by atoms with Gasteiger partial charge in [0.1, 0.15) is 0 Å². The summed E-state index contributed by atoms with van der Waals surface area (Å²) in [6.45, 7) is 2.05. The summed E-state index contributed by atoms with van der Waals surface area (Å²) < 4.78 is 0. The van der Waals surface area contributed by atoms with Crippen molar-refractivity contribution in [2.24, 2.45) is 17.8 Å². The topological polar surface area (TPSA) is 49.3 Å². The van der Waals surface area contributed by atoms with Crippen LogP contribution >= 0.6 is 0 Å². The first-order chi connectivity index (χ1) is 6.66. The van der Waals surface area contributed by atoms with Crippen molar-refractivity contribution in [3.8, 4) is 0 Å². The Morgan fingerprint density at radius 3 is 2.86 bits per heavy atom. The Hall–Kier alpha value is -0.830. The first kappa shape index (κ1) is 9.71. The molecule has 2 rings (SSSR count). The summed E-state index contributed by atoms with van der Waals surface area (Å²) in [6.07, 6.45) is 6.08. The van der Waals surface area contributed by atoms with Crippen molar-refractivity contribution < 1.29 is 9.90 Å². The Bertz CT molecular complexity index is 260. The third kappa shape index (κ3) is 1.82. The summed E-state index contributed by atoms with van der Waals surface area (Å²) in [5.74, 6) is 1.35. The lowest BCUT2D eigenvalue weighted by atomic mass is 9.93. The quantitative estimate of drug-likeness (QED) is 0.651. The van der Waals surface area contributed by atoms with Crippen molar-refractivity contribution in [2.45, 2.75) is 25.9 Å². The number of carbonyl (C=O) groups excluding carboxylic acids is 1. The van der Waals surface area contributed by atoms with Gasteiger partial charge in [-0.25, -0.2) is 0 Å². The lowest BCUT2D eigenvalue weighted by Gasteiger charge is -2.18. The maximum atomic E-state index is 11.7. The van der Waals surface area contributed by atoms with Crippen molar-refractivity contribution in [3.63, 3.8) is 0 Å². The number of carbonyl (C=O) groups is 1. The standard InChI is InChI=1S/C11H17NO2/c1-7(13)6-12-11(14)10-5-8-2-3-9(10)4-8/h2-3,7-10,13H,4-6H2,1H3,(H,12,14). The van der Waals surface area contributed by atoms with Gasteiger partial charge in [0.15, 0.2) is 0 Å². The van der Waals surface area contributed by atoms with Crippen molar-refractivity contribution in [3.05, 3.63) is 12.2 Å². The average molecular weight is 195 g/mol. The molecule has 3 nitrogen and oxygen atoms in total. The molecule has 4 unspecified atom stereocenters. The largest absolute Gasteiger partial charge is 0.392 e. The summed E-state index contributed by atoms with van der Waals surface area (Å²) in [5.41, 5.74) is 0. The summed E-state index contributed by atoms with van der Waals surface area (Å²) in [7, 11) is 0. The zero-order valence-electron chi connectivity index (χ0n) is 8.44. The van der Waals surface area contributed by atoms with Crippen LogP contribution < -0.4 is 5.32 Å². The highest BCUT2D eigenvalue weighted by molar-refractivity contribution is 5.80. The molecule has 2 bridgehead atoms. The van der Waals surface area contributed by atoms with Crippen LogP contribution in [0.1, 0.15) is 19.8 Å². The van der Waals surface area contributed by atoms with Crippen molar-refractivity contribution >= 4 is 5.91 Å². The zero-order valence-corrected chi connectivity index (χ0v) is 8.44. The van der Waals surface area contributed by atoms with Gasteiger partial charge >= 0.3 is 0 Å². The molecule has 2 aliphatic carbocycles. The van der Waals surface area contributed by atoms with E-state index in [1.54, 1.807) is 6.92 Å². The van der Waals surface area contributed by atoms with Gasteiger partial charge in [0.2, 0.25) is 5.91 Å². The number of hydrogen-bond acceptors (Lipinski definition) is 2. The Morgan fingerprint density at radius 2 is 2.36 bits per heavy atom. The highest BCUT2D eigenvalue weighted by atomic mass is 16.3. The van der Waals surface area contributed by atoms with Gasteiger partial charge in [0.25, 0.3) is 0 Å². The molecule has 2 aliphatic rings. The molecule has 0 aromatic rings. The normalized spacial score (nSPS) is 36.0. The summed E-state index contributed by atoms with van der Waals surface area (Å²) in [5, 5.41) is 11.8. The number of nitrogens with one attached hydrogen (secondary N) is 1. The molecule has 0 spiro atoms. The van der Waals surface area contributed by atoms with Crippen LogP contribution in [-0.4, -0.2) is 23.7 Å². The highest BCUT2D eigenvalue weighted by Crippen LogP contribution is 2.43. The fraction of sp³-hybridized carbons (Fsp3) is 0.727. The number of aliphatic hydroxyl groups is 1. The van der Waals surface area contributed by atoms with E-state index in [4.69, 9.17) is 5.11 Å². The second kappa shape index (κ2) is 3.73. The van der Waals surface area contributed by atoms with E-state index in [0.717, 1.165) is 12.8 Å². The number of amides is 1. The smallest absolute Gasteiger partial charge is 0.223 e. The second-order valence-electron chi connectivity index (χ2n) is 4.48. The molecule has 78 valence electrons. The van der Waals surface area contributed by atoms with Crippen LogP contribution in [0.15, 0.2) is 12.2 Å². The van der Waals surface area contributed by atoms with Crippen LogP contribution in [0.4, 0.5) is 0 Å². The fourth-order valence-corrected chi connectivity index (χ4v) is 2.46. The average Bonchev–Trinajstić information content (AvgIpc) is 2.74. The predicted octanol–water partition coefficient (Wildman–Crippen LogP) is 0.696. The van der Waals surface area contributed by atoms with Crippen LogP contribution in [0.2, 0.25) is 0 Å². The number of fused-ring (bicyclic) bond motifs is 2. The summed E-state index contributed by atoms with van der Waals surface area (Å²) in [4.78, 5) is 11.7. The first-order valence-electron chi connectivity index (χ1n) is 5.31. The van der Waals surface area contributed by atoms with Crippen molar-refractivity contribution in [2.75, 3.05) is 6.54 Å². The van der Waals surface area contributed by atoms with E-state index in [0.29, 0.717) is 18.4 Å². The molecule has 0 heterocycles. The Balaban J connectivity index is 1.84. The molecule has 0 saturated heterocycles. The second-order valence-corrected chi connectivity index (χ2v) is 4.48. The lowest BCUT2D eigenvalue weighted by molar-refractivity contribution is -0.126. The van der Waals surface area contributed by atoms with Crippen molar-refractivity contribution in [1.29, 1.82) is 0 Å². The van der Waals surface area contributed by atoms with E-state index >= 15 is 0 Å². The first-order valence-corrected chi connectivity index (χ1v) is 5.31. The Morgan fingerprint density at radius 1 is 1.57 bits per heavy atom. The number of allylic oxidation sites excluding steroid dienone is 2. The molecule has 3 heteroatoms. The van der Waals surface area contributed by atoms with Gasteiger partial charge in [-0.05, 0) is 31.6 Å². The van der Waals surface area contributed by atoms with Gasteiger partial charge in [-0.1, -0.05) is 12.2 Å².